The van der Waals surface area contributed by atoms with Gasteiger partial charge in [-0.1, -0.05) is 303 Å². The Bertz CT molecular complexity index is 1840. The van der Waals surface area contributed by atoms with Crippen LogP contribution < -0.4 is 110 Å². The van der Waals surface area contributed by atoms with Crippen LogP contribution in [0.5, 0.6) is 0 Å². The van der Waals surface area contributed by atoms with Crippen LogP contribution in [0.2, 0.25) is 128 Å². The first kappa shape index (κ1) is 91.9. The Kier molecular flexibility index (Phi) is 59.3. The highest BCUT2D eigenvalue weighted by Crippen LogP contribution is 2.42. The van der Waals surface area contributed by atoms with Crippen molar-refractivity contribution in [3.63, 3.8) is 0 Å². The minimum absolute atomic E-state index is 0. The highest BCUT2D eigenvalue weighted by Gasteiger charge is 2.34. The maximum Gasteiger partial charge on any atom is 0.454 e. The zero-order valence-electron chi connectivity index (χ0n) is 56.7. The molecule has 482 valence electrons. The van der Waals surface area contributed by atoms with Gasteiger partial charge in [0.1, 0.15) is 5.69 Å². The fourth-order valence-electron chi connectivity index (χ4n) is 9.83. The van der Waals surface area contributed by atoms with Crippen molar-refractivity contribution >= 4 is 96.6 Å². The smallest absolute Gasteiger partial charge is 0.454 e. The second kappa shape index (κ2) is 52.9. The van der Waals surface area contributed by atoms with E-state index in [0.29, 0.717) is 9.52 Å². The number of nitrogen functional groups attached to an aromatic ring is 1. The monoisotopic (exact) mass is 1600 g/mol. The Hall–Kier alpha value is 1.17. The predicted molar refractivity (Wildman–Crippen MR) is 383 cm³/mol. The third-order valence-electron chi connectivity index (χ3n) is 15.6. The second-order valence-electron chi connectivity index (χ2n) is 29.0. The summed E-state index contributed by atoms with van der Waals surface area (Å²) in [4.78, 5) is 0. The van der Waals surface area contributed by atoms with Crippen LogP contribution in [0.4, 0.5) is 11.4 Å². The molecule has 0 aliphatic heterocycles. The third-order valence-corrected chi connectivity index (χ3v) is 29.1. The van der Waals surface area contributed by atoms with Crippen LogP contribution in [0, 0.1) is 12.8 Å². The van der Waals surface area contributed by atoms with Gasteiger partial charge in [0.05, 0.1) is 37.3 Å². The first-order valence-electron chi connectivity index (χ1n) is 32.2. The zero-order valence-corrected chi connectivity index (χ0v) is 70.5. The summed E-state index contributed by atoms with van der Waals surface area (Å²) >= 11 is 4.37. The highest BCUT2D eigenvalue weighted by atomic mass is 127. The number of hydrogen-bond acceptors (Lipinski definition) is 4. The van der Waals surface area contributed by atoms with E-state index in [1.807, 2.05) is 12.1 Å². The summed E-state index contributed by atoms with van der Waals surface area (Å²) in [6.45, 7) is 42.4. The molecule has 13 N–H and O–H groups in total. The first-order valence-corrected chi connectivity index (χ1v) is 52.6. The van der Waals surface area contributed by atoms with E-state index < -0.39 is 47.5 Å². The average molecular weight is 1600 g/mol. The predicted octanol–water partition coefficient (Wildman–Crippen LogP) is 5.58. The summed E-state index contributed by atoms with van der Waals surface area (Å²) in [5, 5.41) is 22.6. The van der Waals surface area contributed by atoms with Crippen LogP contribution in [-0.4, -0.2) is 85.9 Å². The number of thiol groups is 1. The number of anilines is 1. The first-order chi connectivity index (χ1) is 36.8. The van der Waals surface area contributed by atoms with Crippen LogP contribution in [0.15, 0.2) is 72.8 Å². The molecule has 17 heteroatoms. The van der Waals surface area contributed by atoms with E-state index in [9.17, 15) is 0 Å². The van der Waals surface area contributed by atoms with Crippen molar-refractivity contribution in [2.24, 2.45) is 5.92 Å². The largest absolute Gasteiger partial charge is 1.00 e. The molecule has 1 saturated carbocycles. The number of quaternary nitrogens is 3. The van der Waals surface area contributed by atoms with Gasteiger partial charge >= 0.3 is 7.12 Å². The quantitative estimate of drug-likeness (QED) is 0.0160. The number of halogens is 3. The number of benzene rings is 3. The van der Waals surface area contributed by atoms with E-state index in [4.69, 9.17) is 15.8 Å². The lowest BCUT2D eigenvalue weighted by molar-refractivity contribution is -0.370. The number of unbranched alkanes of at least 4 members (excludes halogenated alkanes) is 13. The molecule has 0 bridgehead atoms. The summed E-state index contributed by atoms with van der Waals surface area (Å²) in [5.41, 5.74) is 21.6. The molecule has 1 aliphatic rings. The fraction of sp³-hybridized carbons (Fsp3) is 0.723. The molecule has 1 aliphatic carbocycles. The van der Waals surface area contributed by atoms with E-state index in [1.165, 1.54) is 143 Å². The number of aryl methyl sites for hydroxylation is 1. The minimum atomic E-state index is -1.14. The van der Waals surface area contributed by atoms with Gasteiger partial charge in [-0.3, -0.25) is 0 Å². The molecule has 82 heavy (non-hydrogen) atoms. The minimum Gasteiger partial charge on any atom is -1.00 e. The lowest BCUT2D eigenvalue weighted by Gasteiger charge is -2.35. The molecule has 1 atom stereocenters. The lowest BCUT2D eigenvalue weighted by atomic mass is 9.65. The molecule has 0 amide bonds. The van der Waals surface area contributed by atoms with Gasteiger partial charge in [0, 0.05) is 37.4 Å². The van der Waals surface area contributed by atoms with E-state index in [0.717, 1.165) is 54.5 Å². The average Bonchev–Trinajstić information content (AvgIpc) is 3.36. The molecule has 0 radical (unpaired) electrons. The Balaban J connectivity index is -0.000000292. The Morgan fingerprint density at radius 1 is 0.561 bits per heavy atom. The topological polar surface area (TPSA) is 149 Å². The van der Waals surface area contributed by atoms with E-state index >= 15 is 0 Å². The van der Waals surface area contributed by atoms with Gasteiger partial charge in [-0.25, -0.2) is 0 Å². The van der Waals surface area contributed by atoms with E-state index in [2.05, 4.69) is 203 Å². The van der Waals surface area contributed by atoms with Gasteiger partial charge in [-0.05, 0) is 73.0 Å². The molecule has 3 aromatic carbocycles. The normalized spacial score (nSPS) is 14.6. The molecule has 3 aromatic rings. The van der Waals surface area contributed by atoms with E-state index in [1.54, 1.807) is 18.5 Å². The highest BCUT2D eigenvalue weighted by molar-refractivity contribution is 7.80. The SMILES string of the molecule is CCCCCCCCCCCC[SiH2]CCCCCCC[NH3+].C[Si](C)(C)C1CCC(B(O)O)CC1.C[Si](C)(C)CCC(CS)CC[NH3+].C[Si](C)(C)c1ccc(N)cc1.C[Si](C)(C)c1ccccc1.Cc1cc([NH3+])cc([Si](C)(C)C)c1.[I-].[I-].[I-]. The van der Waals surface area contributed by atoms with Crippen LogP contribution in [0.25, 0.3) is 0 Å². The summed E-state index contributed by atoms with van der Waals surface area (Å²) in [6, 6.07) is 30.3. The standard InChI is InChI=1S/C19H43NSi.C10H17NSi.C9H21BO2Si.C9H23NSSi.C9H15NSi.C9H14Si.3HI/c1-2-3-4-5-6-7-8-9-12-15-18-21-19-16-13-10-11-14-17-20;1-8-5-9(11)7-10(6-8)12(2,3)4;1-13(2,3)9-6-4-8(5-7-9)10(11)12;1-12(2,3)7-5-9(8-11)4-6-10;1-11(2,3)9-6-4-8(10)5-7-9;1-10(2,3)9-7-5-4-6-8-9;;;/h2-21H2,1H3;5-7H,11H2,1-4H3;8-9,11-12H,4-7H2,1-3H3;9,11H,4-8,10H2,1-3H3;4-7H,10H2,1-3H3;4-8H,1-3H3;3*1H. The summed E-state index contributed by atoms with van der Waals surface area (Å²) < 4.78 is 0. The number of rotatable bonds is 29. The molecule has 0 heterocycles. The van der Waals surface area contributed by atoms with Crippen molar-refractivity contribution in [2.75, 3.05) is 24.6 Å². The van der Waals surface area contributed by atoms with Crippen LogP contribution >= 0.6 is 12.6 Å². The molecule has 1 fully saturated rings. The molecular weight excluding hydrogens is 1460 g/mol. The van der Waals surface area contributed by atoms with Crippen molar-refractivity contribution in [3.8, 4) is 0 Å². The summed E-state index contributed by atoms with van der Waals surface area (Å²) in [5.74, 6) is 2.00. The number of hydrogen-bond donors (Lipinski definition) is 7. The summed E-state index contributed by atoms with van der Waals surface area (Å²) in [6.07, 6.45) is 29.1. The van der Waals surface area contributed by atoms with Crippen LogP contribution in [-0.2, 0) is 0 Å². The molecule has 0 saturated heterocycles. The Morgan fingerprint density at radius 2 is 0.988 bits per heavy atom. The van der Waals surface area contributed by atoms with Crippen LogP contribution in [0.3, 0.4) is 0 Å². The maximum absolute atomic E-state index is 9.03. The Labute approximate surface area is 575 Å². The molecule has 4 rings (SSSR count). The molecule has 1 unspecified atom stereocenters. The molecule has 0 spiro atoms. The summed E-state index contributed by atoms with van der Waals surface area (Å²) in [7, 11) is -5.86. The van der Waals surface area contributed by atoms with Crippen molar-refractivity contribution in [3.05, 3.63) is 78.4 Å². The van der Waals surface area contributed by atoms with Gasteiger partial charge in [-0.2, -0.15) is 12.6 Å². The third kappa shape index (κ3) is 54.1. The van der Waals surface area contributed by atoms with Gasteiger partial charge in [0.15, 0.2) is 0 Å². The molecular formula is C65H136BI3N4O2SSi6. The number of nitrogens with two attached hydrogens (primary N) is 1. The molecule has 6 nitrogen and oxygen atoms in total. The Morgan fingerprint density at radius 3 is 1.34 bits per heavy atom. The van der Waals surface area contributed by atoms with Gasteiger partial charge in [-0.15, -0.1) is 0 Å². The molecule has 0 aromatic heterocycles. The van der Waals surface area contributed by atoms with Crippen LogP contribution in [0.1, 0.15) is 147 Å². The van der Waals surface area contributed by atoms with Crippen molar-refractivity contribution < 1.29 is 99.2 Å². The maximum atomic E-state index is 9.03. The van der Waals surface area contributed by atoms with Crippen molar-refractivity contribution in [1.29, 1.82) is 0 Å². The lowest BCUT2D eigenvalue weighted by Crippen LogP contribution is -3.00. The second-order valence-corrected chi connectivity index (χ2v) is 57.9. The van der Waals surface area contributed by atoms with Gasteiger partial charge in [0.25, 0.3) is 0 Å². The van der Waals surface area contributed by atoms with Crippen molar-refractivity contribution in [1.82, 2.24) is 0 Å². The fourth-order valence-corrected chi connectivity index (χ4v) is 18.9. The van der Waals surface area contributed by atoms with Gasteiger partial charge < -0.3 is 105 Å². The van der Waals surface area contributed by atoms with Gasteiger partial charge in [0.2, 0.25) is 0 Å². The van der Waals surface area contributed by atoms with Crippen molar-refractivity contribution in [2.45, 2.75) is 276 Å². The van der Waals surface area contributed by atoms with E-state index in [-0.39, 0.29) is 77.7 Å². The zero-order chi connectivity index (χ0) is 60.6.